The zero-order chi connectivity index (χ0) is 47.9. The SMILES string of the molecule is CC[C@H](C)[C@@H]([C@@H](CC(=O)N1CCC[C@H]1[C@@H](CC(=O)N[C@@H](Cc1ccccc1)C(=O)OCCOCCOCCOC)OC)OC)N(C)C(=O)[C@@H](NC(=O)[C@H](C(C)C)N(C)C(C)C)C(C)C. The van der Waals surface area contributed by atoms with E-state index in [0.29, 0.717) is 52.2 Å². The van der Waals surface area contributed by atoms with Gasteiger partial charge in [0.2, 0.25) is 23.6 Å². The van der Waals surface area contributed by atoms with Gasteiger partial charge in [-0.15, -0.1) is 0 Å². The lowest BCUT2D eigenvalue weighted by molar-refractivity contribution is -0.150. The van der Waals surface area contributed by atoms with E-state index in [1.54, 1.807) is 31.1 Å². The van der Waals surface area contributed by atoms with Crippen LogP contribution in [-0.4, -0.2) is 174 Å². The Labute approximate surface area is 384 Å². The fourth-order valence-corrected chi connectivity index (χ4v) is 8.38. The Balaban J connectivity index is 2.20. The van der Waals surface area contributed by atoms with E-state index >= 15 is 0 Å². The predicted octanol–water partition coefficient (Wildman–Crippen LogP) is 4.12. The molecule has 2 rings (SSSR count). The van der Waals surface area contributed by atoms with Crippen LogP contribution >= 0.6 is 0 Å². The second-order valence-electron chi connectivity index (χ2n) is 18.0. The second-order valence-corrected chi connectivity index (χ2v) is 18.0. The van der Waals surface area contributed by atoms with Gasteiger partial charge in [-0.2, -0.15) is 0 Å². The summed E-state index contributed by atoms with van der Waals surface area (Å²) in [5.74, 6) is -1.86. The molecule has 366 valence electrons. The molecule has 0 aromatic heterocycles. The van der Waals surface area contributed by atoms with Crippen LogP contribution in [0.25, 0.3) is 0 Å². The van der Waals surface area contributed by atoms with E-state index < -0.39 is 54.3 Å². The highest BCUT2D eigenvalue weighted by Gasteiger charge is 2.42. The Morgan fingerprint density at radius 1 is 0.797 bits per heavy atom. The molecular formula is C48H83N5O11. The average molecular weight is 906 g/mol. The topological polar surface area (TPSA) is 175 Å². The number of carbonyl (C=O) groups excluding carboxylic acids is 5. The van der Waals surface area contributed by atoms with Crippen LogP contribution in [0.4, 0.5) is 0 Å². The van der Waals surface area contributed by atoms with Gasteiger partial charge in [-0.05, 0) is 57.1 Å². The van der Waals surface area contributed by atoms with Gasteiger partial charge in [-0.1, -0.05) is 78.3 Å². The summed E-state index contributed by atoms with van der Waals surface area (Å²) in [7, 11) is 8.32. The summed E-state index contributed by atoms with van der Waals surface area (Å²) in [6.45, 7) is 18.3. The van der Waals surface area contributed by atoms with Crippen molar-refractivity contribution in [2.75, 3.05) is 81.6 Å². The van der Waals surface area contributed by atoms with E-state index in [1.165, 1.54) is 7.11 Å². The summed E-state index contributed by atoms with van der Waals surface area (Å²) in [6.07, 6.45) is 0.847. The van der Waals surface area contributed by atoms with Crippen LogP contribution in [0.3, 0.4) is 0 Å². The number of esters is 1. The molecule has 1 aliphatic rings. The van der Waals surface area contributed by atoms with Crippen LogP contribution in [0.2, 0.25) is 0 Å². The number of carbonyl (C=O) groups is 5. The molecule has 0 spiro atoms. The largest absolute Gasteiger partial charge is 0.462 e. The molecule has 0 unspecified atom stereocenters. The Kier molecular flexibility index (Phi) is 26.3. The summed E-state index contributed by atoms with van der Waals surface area (Å²) < 4.78 is 33.3. The van der Waals surface area contributed by atoms with Gasteiger partial charge in [0.15, 0.2) is 0 Å². The highest BCUT2D eigenvalue weighted by molar-refractivity contribution is 5.90. The molecule has 1 heterocycles. The minimum Gasteiger partial charge on any atom is -0.462 e. The smallest absolute Gasteiger partial charge is 0.329 e. The van der Waals surface area contributed by atoms with Gasteiger partial charge in [0.1, 0.15) is 18.7 Å². The van der Waals surface area contributed by atoms with Gasteiger partial charge in [0.05, 0.1) is 76.2 Å². The molecule has 4 amide bonds. The van der Waals surface area contributed by atoms with Crippen molar-refractivity contribution in [2.24, 2.45) is 17.8 Å². The summed E-state index contributed by atoms with van der Waals surface area (Å²) in [6, 6.07) is 6.42. The van der Waals surface area contributed by atoms with Gasteiger partial charge >= 0.3 is 5.97 Å². The van der Waals surface area contributed by atoms with Crippen LogP contribution in [-0.2, 0) is 58.8 Å². The molecule has 0 bridgehead atoms. The maximum Gasteiger partial charge on any atom is 0.329 e. The summed E-state index contributed by atoms with van der Waals surface area (Å²) >= 11 is 0. The van der Waals surface area contributed by atoms with E-state index in [1.807, 2.05) is 97.7 Å². The Morgan fingerprint density at radius 3 is 1.97 bits per heavy atom. The van der Waals surface area contributed by atoms with E-state index in [9.17, 15) is 24.0 Å². The van der Waals surface area contributed by atoms with Crippen molar-refractivity contribution in [1.29, 1.82) is 0 Å². The van der Waals surface area contributed by atoms with Crippen LogP contribution in [0.1, 0.15) is 93.1 Å². The number of nitrogens with zero attached hydrogens (tertiary/aromatic N) is 3. The zero-order valence-corrected chi connectivity index (χ0v) is 41.3. The normalized spacial score (nSPS) is 17.5. The van der Waals surface area contributed by atoms with E-state index in [4.69, 9.17) is 28.4 Å². The van der Waals surface area contributed by atoms with Crippen molar-refractivity contribution in [2.45, 2.75) is 142 Å². The average Bonchev–Trinajstić information content (AvgIpc) is 3.76. The molecule has 2 N–H and O–H groups in total. The third-order valence-electron chi connectivity index (χ3n) is 12.4. The molecule has 1 aromatic carbocycles. The van der Waals surface area contributed by atoms with Gasteiger partial charge < -0.3 is 48.9 Å². The van der Waals surface area contributed by atoms with E-state index in [-0.39, 0.29) is 74.0 Å². The van der Waals surface area contributed by atoms with Gasteiger partial charge in [0, 0.05) is 47.4 Å². The predicted molar refractivity (Wildman–Crippen MR) is 246 cm³/mol. The number of methoxy groups -OCH3 is 3. The van der Waals surface area contributed by atoms with E-state index in [2.05, 4.69) is 10.6 Å². The van der Waals surface area contributed by atoms with Crippen LogP contribution in [0.15, 0.2) is 30.3 Å². The Hall–Kier alpha value is -3.67. The number of rotatable bonds is 31. The van der Waals surface area contributed by atoms with Crippen LogP contribution in [0.5, 0.6) is 0 Å². The molecule has 64 heavy (non-hydrogen) atoms. The maximum absolute atomic E-state index is 14.4. The first-order valence-electron chi connectivity index (χ1n) is 23.2. The third kappa shape index (κ3) is 18.0. The fraction of sp³-hybridized carbons (Fsp3) is 0.771. The molecule has 1 aromatic rings. The van der Waals surface area contributed by atoms with Gasteiger partial charge in [0.25, 0.3) is 0 Å². The fourth-order valence-electron chi connectivity index (χ4n) is 8.38. The van der Waals surface area contributed by atoms with Crippen molar-refractivity contribution in [1.82, 2.24) is 25.3 Å². The highest BCUT2D eigenvalue weighted by atomic mass is 16.6. The minimum atomic E-state index is -0.965. The maximum atomic E-state index is 14.4. The molecule has 16 nitrogen and oxygen atoms in total. The van der Waals surface area contributed by atoms with Gasteiger partial charge in [-0.3, -0.25) is 24.1 Å². The monoisotopic (exact) mass is 906 g/mol. The third-order valence-corrected chi connectivity index (χ3v) is 12.4. The number of amides is 4. The first-order chi connectivity index (χ1) is 30.4. The Morgan fingerprint density at radius 2 is 1.42 bits per heavy atom. The molecule has 16 heteroatoms. The molecule has 1 aliphatic heterocycles. The zero-order valence-electron chi connectivity index (χ0n) is 41.3. The number of nitrogens with one attached hydrogen (secondary N) is 2. The molecule has 0 radical (unpaired) electrons. The van der Waals surface area contributed by atoms with Crippen LogP contribution in [0, 0.1) is 17.8 Å². The minimum absolute atomic E-state index is 0.00602. The number of likely N-dealkylation sites (tertiary alicyclic amines) is 1. The van der Waals surface area contributed by atoms with Crippen molar-refractivity contribution >= 4 is 29.6 Å². The number of ether oxygens (including phenoxy) is 6. The van der Waals surface area contributed by atoms with Crippen molar-refractivity contribution in [3.8, 4) is 0 Å². The quantitative estimate of drug-likeness (QED) is 0.0808. The summed E-state index contributed by atoms with van der Waals surface area (Å²) in [5, 5.41) is 5.96. The first-order valence-corrected chi connectivity index (χ1v) is 23.2. The Bertz CT molecular complexity index is 1530. The highest BCUT2D eigenvalue weighted by Crippen LogP contribution is 2.28. The molecule has 1 fully saturated rings. The lowest BCUT2D eigenvalue weighted by atomic mass is 9.89. The molecular weight excluding hydrogens is 823 g/mol. The molecule has 8 atom stereocenters. The summed E-state index contributed by atoms with van der Waals surface area (Å²) in [5.41, 5.74) is 0.847. The van der Waals surface area contributed by atoms with Crippen molar-refractivity contribution in [3.05, 3.63) is 35.9 Å². The van der Waals surface area contributed by atoms with Crippen LogP contribution < -0.4 is 10.6 Å². The number of likely N-dealkylation sites (N-methyl/N-ethyl adjacent to an activating group) is 2. The van der Waals surface area contributed by atoms with Gasteiger partial charge in [-0.25, -0.2) is 4.79 Å². The first kappa shape index (κ1) is 56.5. The number of hydrogen-bond acceptors (Lipinski definition) is 12. The lowest BCUT2D eigenvalue weighted by Crippen LogP contribution is -2.60. The second kappa shape index (κ2) is 29.8. The molecule has 0 saturated carbocycles. The van der Waals surface area contributed by atoms with Crippen molar-refractivity contribution < 1.29 is 52.4 Å². The summed E-state index contributed by atoms with van der Waals surface area (Å²) in [4.78, 5) is 75.0. The number of benzene rings is 1. The van der Waals surface area contributed by atoms with Crippen molar-refractivity contribution in [3.63, 3.8) is 0 Å². The standard InChI is InChI=1S/C48H83N5O11/c1-14-35(8)45(52(10)47(57)43(32(2)3)50-46(56)44(33(4)5)51(9)34(6)7)40(61-13)31-42(55)53-22-18-21-38(53)39(60-12)30-41(54)49-37(29-36-19-16-15-17-20-36)48(58)64-28-27-63-26-25-62-24-23-59-11/h15-17,19-20,32-35,37-40,43-45H,14,18,21-31H2,1-13H3,(H,49,54)(H,50,56)/t35-,37-,38-,39+,40+,43-,44-,45-/m0/s1. The molecule has 1 saturated heterocycles. The lowest BCUT2D eigenvalue weighted by Gasteiger charge is -2.41. The number of hydrogen-bond donors (Lipinski definition) is 2. The molecule has 0 aliphatic carbocycles. The van der Waals surface area contributed by atoms with E-state index in [0.717, 1.165) is 5.56 Å².